The van der Waals surface area contributed by atoms with Gasteiger partial charge in [0.15, 0.2) is 5.16 Å². The third-order valence-corrected chi connectivity index (χ3v) is 5.14. The number of rotatable bonds is 6. The van der Waals surface area contributed by atoms with Crippen LogP contribution in [0.5, 0.6) is 0 Å². The van der Waals surface area contributed by atoms with Crippen molar-refractivity contribution in [3.05, 3.63) is 0 Å². The van der Waals surface area contributed by atoms with Gasteiger partial charge in [0.2, 0.25) is 5.95 Å². The van der Waals surface area contributed by atoms with E-state index in [-0.39, 0.29) is 5.75 Å². The smallest absolute Gasteiger partial charge is 0.313 e. The van der Waals surface area contributed by atoms with Crippen LogP contribution in [0, 0.1) is 5.92 Å². The summed E-state index contributed by atoms with van der Waals surface area (Å²) in [6.45, 7) is 5.53. The molecule has 0 radical (unpaired) electrons. The summed E-state index contributed by atoms with van der Waals surface area (Å²) >= 11 is 1.28. The van der Waals surface area contributed by atoms with Crippen LogP contribution in [0.15, 0.2) is 5.16 Å². The van der Waals surface area contributed by atoms with Gasteiger partial charge in [-0.1, -0.05) is 25.6 Å². The van der Waals surface area contributed by atoms with E-state index in [1.807, 2.05) is 0 Å². The summed E-state index contributed by atoms with van der Waals surface area (Å²) in [4.78, 5) is 13.2. The zero-order chi connectivity index (χ0) is 15.0. The lowest BCUT2D eigenvalue weighted by Gasteiger charge is -2.28. The van der Waals surface area contributed by atoms with Crippen molar-refractivity contribution >= 4 is 23.7 Å². The van der Waals surface area contributed by atoms with Crippen LogP contribution < -0.4 is 4.90 Å². The van der Waals surface area contributed by atoms with Crippen molar-refractivity contribution in [3.63, 3.8) is 0 Å². The molecule has 1 saturated heterocycles. The molecule has 1 aromatic heterocycles. The Bertz CT molecular complexity index is 527. The normalized spacial score (nSPS) is 22.2. The summed E-state index contributed by atoms with van der Waals surface area (Å²) in [5, 5.41) is 18.3. The van der Waals surface area contributed by atoms with E-state index >= 15 is 0 Å². The molecule has 1 aromatic rings. The summed E-state index contributed by atoms with van der Waals surface area (Å²) in [6.07, 6.45) is 4.68. The maximum atomic E-state index is 10.8. The Morgan fingerprint density at radius 2 is 2.14 bits per heavy atom. The number of thioether (sulfide) groups is 1. The van der Waals surface area contributed by atoms with Crippen LogP contribution in [0.3, 0.4) is 0 Å². The number of aromatic nitrogens is 3. The molecule has 1 atom stereocenters. The van der Waals surface area contributed by atoms with E-state index in [4.69, 9.17) is 5.11 Å². The number of carboxylic acid groups (broad SMARTS) is 1. The molecule has 1 N–H and O–H groups in total. The fourth-order valence-electron chi connectivity index (χ4n) is 3.08. The number of anilines is 1. The standard InChI is InChI=1S/C14H22N4O2S/c1-9(2)11-4-3-7-17(11)13-15-16-14(21-8-12(19)20)18(13)10-5-6-10/h9-11H,3-8H2,1-2H3,(H,19,20). The lowest BCUT2D eigenvalue weighted by Crippen LogP contribution is -2.35. The molecule has 3 rings (SSSR count). The molecule has 2 aliphatic rings. The monoisotopic (exact) mass is 310 g/mol. The van der Waals surface area contributed by atoms with E-state index in [1.54, 1.807) is 0 Å². The molecular weight excluding hydrogens is 288 g/mol. The number of hydrogen-bond donors (Lipinski definition) is 1. The van der Waals surface area contributed by atoms with Gasteiger partial charge in [-0.15, -0.1) is 10.2 Å². The van der Waals surface area contributed by atoms with Crippen molar-refractivity contribution in [2.24, 2.45) is 5.92 Å². The third kappa shape index (κ3) is 3.02. The maximum absolute atomic E-state index is 10.8. The molecule has 116 valence electrons. The average molecular weight is 310 g/mol. The first-order chi connectivity index (χ1) is 10.1. The molecule has 0 aromatic carbocycles. The molecule has 7 heteroatoms. The molecular formula is C14H22N4O2S. The van der Waals surface area contributed by atoms with E-state index in [0.717, 1.165) is 30.5 Å². The Kier molecular flexibility index (Phi) is 4.10. The molecule has 0 amide bonds. The number of carboxylic acids is 1. The van der Waals surface area contributed by atoms with Gasteiger partial charge in [-0.25, -0.2) is 0 Å². The lowest BCUT2D eigenvalue weighted by molar-refractivity contribution is -0.133. The second kappa shape index (κ2) is 5.87. The SMILES string of the molecule is CC(C)C1CCCN1c1nnc(SCC(=O)O)n1C1CC1. The largest absolute Gasteiger partial charge is 0.481 e. The fraction of sp³-hybridized carbons (Fsp3) is 0.786. The Balaban J connectivity index is 1.86. The van der Waals surface area contributed by atoms with Crippen molar-refractivity contribution in [1.82, 2.24) is 14.8 Å². The highest BCUT2D eigenvalue weighted by molar-refractivity contribution is 7.99. The zero-order valence-corrected chi connectivity index (χ0v) is 13.3. The van der Waals surface area contributed by atoms with E-state index in [2.05, 4.69) is 33.5 Å². The van der Waals surface area contributed by atoms with Gasteiger partial charge >= 0.3 is 5.97 Å². The minimum atomic E-state index is -0.812. The summed E-state index contributed by atoms with van der Waals surface area (Å²) < 4.78 is 2.17. The second-order valence-corrected chi connectivity index (χ2v) is 7.16. The first-order valence-electron chi connectivity index (χ1n) is 7.64. The van der Waals surface area contributed by atoms with E-state index in [1.165, 1.54) is 24.6 Å². The van der Waals surface area contributed by atoms with Gasteiger partial charge in [0.25, 0.3) is 0 Å². The summed E-state index contributed by atoms with van der Waals surface area (Å²) in [5.41, 5.74) is 0. The second-order valence-electron chi connectivity index (χ2n) is 6.21. The quantitative estimate of drug-likeness (QED) is 0.814. The predicted octanol–water partition coefficient (Wildman–Crippen LogP) is 2.41. The van der Waals surface area contributed by atoms with Crippen LogP contribution in [0.4, 0.5) is 5.95 Å². The number of aliphatic carboxylic acids is 1. The Labute approximate surface area is 128 Å². The van der Waals surface area contributed by atoms with Crippen molar-refractivity contribution in [1.29, 1.82) is 0 Å². The van der Waals surface area contributed by atoms with E-state index in [0.29, 0.717) is 18.0 Å². The molecule has 2 heterocycles. The zero-order valence-electron chi connectivity index (χ0n) is 12.5. The number of nitrogens with zero attached hydrogens (tertiary/aromatic N) is 4. The van der Waals surface area contributed by atoms with Crippen LogP contribution in [0.25, 0.3) is 0 Å². The summed E-state index contributed by atoms with van der Waals surface area (Å²) in [5.74, 6) is 0.764. The molecule has 1 saturated carbocycles. The molecule has 2 fully saturated rings. The van der Waals surface area contributed by atoms with Crippen LogP contribution in [-0.2, 0) is 4.79 Å². The average Bonchev–Trinajstić information content (AvgIpc) is 3.00. The molecule has 1 aliphatic heterocycles. The van der Waals surface area contributed by atoms with E-state index < -0.39 is 5.97 Å². The number of carbonyl (C=O) groups is 1. The maximum Gasteiger partial charge on any atom is 0.313 e. The highest BCUT2D eigenvalue weighted by Gasteiger charge is 2.36. The van der Waals surface area contributed by atoms with Crippen LogP contribution in [-0.4, -0.2) is 44.2 Å². The van der Waals surface area contributed by atoms with Gasteiger partial charge < -0.3 is 10.0 Å². The Morgan fingerprint density at radius 1 is 1.38 bits per heavy atom. The molecule has 0 spiro atoms. The number of hydrogen-bond acceptors (Lipinski definition) is 5. The fourth-order valence-corrected chi connectivity index (χ4v) is 3.80. The summed E-state index contributed by atoms with van der Waals surface area (Å²) in [6, 6.07) is 0.976. The van der Waals surface area contributed by atoms with Crippen molar-refractivity contribution in [2.75, 3.05) is 17.2 Å². The topological polar surface area (TPSA) is 71.2 Å². The highest BCUT2D eigenvalue weighted by Crippen LogP contribution is 2.42. The third-order valence-electron chi connectivity index (χ3n) is 4.21. The Hall–Kier alpha value is -1.24. The molecule has 0 bridgehead atoms. The molecule has 1 aliphatic carbocycles. The van der Waals surface area contributed by atoms with Gasteiger partial charge in [0.1, 0.15) is 0 Å². The van der Waals surface area contributed by atoms with Gasteiger partial charge in [0.05, 0.1) is 5.75 Å². The van der Waals surface area contributed by atoms with Gasteiger partial charge in [0, 0.05) is 18.6 Å². The van der Waals surface area contributed by atoms with Crippen LogP contribution >= 0.6 is 11.8 Å². The molecule has 21 heavy (non-hydrogen) atoms. The molecule has 6 nitrogen and oxygen atoms in total. The summed E-state index contributed by atoms with van der Waals surface area (Å²) in [7, 11) is 0. The molecule has 1 unspecified atom stereocenters. The van der Waals surface area contributed by atoms with Crippen molar-refractivity contribution < 1.29 is 9.90 Å². The van der Waals surface area contributed by atoms with Gasteiger partial charge in [-0.05, 0) is 31.6 Å². The predicted molar refractivity (Wildman–Crippen MR) is 81.9 cm³/mol. The van der Waals surface area contributed by atoms with Gasteiger partial charge in [-0.3, -0.25) is 9.36 Å². The minimum absolute atomic E-state index is 0.0401. The first kappa shape index (κ1) is 14.7. The first-order valence-corrected chi connectivity index (χ1v) is 8.62. The van der Waals surface area contributed by atoms with Crippen molar-refractivity contribution in [2.45, 2.75) is 56.8 Å². The van der Waals surface area contributed by atoms with Gasteiger partial charge in [-0.2, -0.15) is 0 Å². The minimum Gasteiger partial charge on any atom is -0.481 e. The van der Waals surface area contributed by atoms with E-state index in [9.17, 15) is 4.79 Å². The van der Waals surface area contributed by atoms with Crippen LogP contribution in [0.1, 0.15) is 45.6 Å². The highest BCUT2D eigenvalue weighted by atomic mass is 32.2. The van der Waals surface area contributed by atoms with Crippen molar-refractivity contribution in [3.8, 4) is 0 Å². The Morgan fingerprint density at radius 3 is 2.76 bits per heavy atom. The lowest BCUT2D eigenvalue weighted by atomic mass is 10.0. The van der Waals surface area contributed by atoms with Crippen LogP contribution in [0.2, 0.25) is 0 Å².